The first-order valence-electron chi connectivity index (χ1n) is 9.86. The molecule has 0 aliphatic rings. The number of carbonyl (C=O) groups is 1. The van der Waals surface area contributed by atoms with Crippen LogP contribution in [0.4, 0.5) is 22.0 Å². The minimum Gasteiger partial charge on any atom is -0.478 e. The smallest absolute Gasteiger partial charge is 0.431 e. The van der Waals surface area contributed by atoms with Crippen LogP contribution in [0.5, 0.6) is 17.4 Å². The standard InChI is InChI=1S/C21H15ClF5N3O6/c1-3-34-17(32)9-35-13-5-4-10(23)6-14(13)36-19-11(22)7-12(24)18(28-19)30-16(31)8-15(21(25,26)27)29(2)20(30)33/h4-8H,3,9H2,1-2H3. The normalized spacial score (nSPS) is 11.3. The lowest BCUT2D eigenvalue weighted by molar-refractivity contribution is -0.145. The number of alkyl halides is 3. The Balaban J connectivity index is 2.08. The van der Waals surface area contributed by atoms with E-state index < -0.39 is 64.1 Å². The van der Waals surface area contributed by atoms with Crippen molar-refractivity contribution in [3.63, 3.8) is 0 Å². The van der Waals surface area contributed by atoms with Gasteiger partial charge in [0.2, 0.25) is 5.88 Å². The van der Waals surface area contributed by atoms with Crippen molar-refractivity contribution in [1.29, 1.82) is 0 Å². The second-order valence-corrected chi connectivity index (χ2v) is 7.32. The van der Waals surface area contributed by atoms with Crippen LogP contribution >= 0.6 is 11.6 Å². The number of hydrogen-bond donors (Lipinski definition) is 0. The van der Waals surface area contributed by atoms with Gasteiger partial charge in [-0.05, 0) is 19.1 Å². The number of benzene rings is 1. The van der Waals surface area contributed by atoms with Gasteiger partial charge in [0.05, 0.1) is 6.61 Å². The maximum atomic E-state index is 14.6. The summed E-state index contributed by atoms with van der Waals surface area (Å²) in [7, 11) is 0.728. The van der Waals surface area contributed by atoms with E-state index in [1.54, 1.807) is 6.92 Å². The molecule has 0 amide bonds. The van der Waals surface area contributed by atoms with E-state index in [0.717, 1.165) is 25.2 Å². The van der Waals surface area contributed by atoms with E-state index in [2.05, 4.69) is 4.98 Å². The van der Waals surface area contributed by atoms with Gasteiger partial charge in [0, 0.05) is 25.2 Å². The summed E-state index contributed by atoms with van der Waals surface area (Å²) < 4.78 is 83.2. The molecule has 2 aromatic heterocycles. The zero-order valence-electron chi connectivity index (χ0n) is 18.4. The highest BCUT2D eigenvalue weighted by atomic mass is 35.5. The lowest BCUT2D eigenvalue weighted by atomic mass is 10.3. The Morgan fingerprint density at radius 2 is 1.81 bits per heavy atom. The predicted octanol–water partition coefficient (Wildman–Crippen LogP) is 3.62. The van der Waals surface area contributed by atoms with Crippen molar-refractivity contribution in [2.45, 2.75) is 13.1 Å². The molecular formula is C21H15ClF5N3O6. The maximum Gasteiger partial charge on any atom is 0.431 e. The average molecular weight is 536 g/mol. The fourth-order valence-corrected chi connectivity index (χ4v) is 3.06. The molecule has 0 aliphatic carbocycles. The van der Waals surface area contributed by atoms with Gasteiger partial charge in [-0.1, -0.05) is 11.6 Å². The second-order valence-electron chi connectivity index (χ2n) is 6.91. The molecule has 0 unspecified atom stereocenters. The summed E-state index contributed by atoms with van der Waals surface area (Å²) >= 11 is 5.94. The average Bonchev–Trinajstić information content (AvgIpc) is 2.78. The highest BCUT2D eigenvalue weighted by molar-refractivity contribution is 6.31. The molecule has 0 saturated carbocycles. The molecule has 15 heteroatoms. The first kappa shape index (κ1) is 26.7. The first-order chi connectivity index (χ1) is 16.8. The third-order valence-corrected chi connectivity index (χ3v) is 4.74. The van der Waals surface area contributed by atoms with Crippen LogP contribution in [0.1, 0.15) is 12.6 Å². The third-order valence-electron chi connectivity index (χ3n) is 4.46. The minimum absolute atomic E-state index is 0.0392. The van der Waals surface area contributed by atoms with Crippen molar-refractivity contribution in [2.75, 3.05) is 13.2 Å². The van der Waals surface area contributed by atoms with E-state index in [0.29, 0.717) is 6.07 Å². The van der Waals surface area contributed by atoms with Gasteiger partial charge in [0.25, 0.3) is 5.56 Å². The molecule has 36 heavy (non-hydrogen) atoms. The number of halogens is 6. The molecular weight excluding hydrogens is 521 g/mol. The summed E-state index contributed by atoms with van der Waals surface area (Å²) in [6.07, 6.45) is -5.04. The number of esters is 1. The van der Waals surface area contributed by atoms with Crippen molar-refractivity contribution in [3.8, 4) is 23.2 Å². The van der Waals surface area contributed by atoms with Gasteiger partial charge in [0.15, 0.2) is 29.7 Å². The molecule has 0 fully saturated rings. The fourth-order valence-electron chi connectivity index (χ4n) is 2.89. The number of carbonyl (C=O) groups excluding carboxylic acids is 1. The van der Waals surface area contributed by atoms with Crippen LogP contribution in [0, 0.1) is 11.6 Å². The number of ether oxygens (including phenoxy) is 3. The van der Waals surface area contributed by atoms with E-state index in [-0.39, 0.29) is 33.3 Å². The van der Waals surface area contributed by atoms with Crippen LogP contribution in [-0.4, -0.2) is 33.3 Å². The highest BCUT2D eigenvalue weighted by Gasteiger charge is 2.35. The molecule has 0 N–H and O–H groups in total. The highest BCUT2D eigenvalue weighted by Crippen LogP contribution is 2.35. The van der Waals surface area contributed by atoms with Gasteiger partial charge in [0.1, 0.15) is 16.5 Å². The Labute approximate surface area is 203 Å². The molecule has 0 radical (unpaired) electrons. The topological polar surface area (TPSA) is 102 Å². The van der Waals surface area contributed by atoms with Crippen LogP contribution in [0.25, 0.3) is 5.82 Å². The van der Waals surface area contributed by atoms with Gasteiger partial charge in [-0.25, -0.2) is 22.9 Å². The molecule has 3 aromatic rings. The Morgan fingerprint density at radius 3 is 2.44 bits per heavy atom. The largest absolute Gasteiger partial charge is 0.478 e. The van der Waals surface area contributed by atoms with Crippen molar-refractivity contribution < 1.29 is 41.0 Å². The van der Waals surface area contributed by atoms with Gasteiger partial charge in [-0.3, -0.25) is 9.36 Å². The van der Waals surface area contributed by atoms with Gasteiger partial charge in [-0.2, -0.15) is 18.2 Å². The Hall–Kier alpha value is -3.94. The minimum atomic E-state index is -5.04. The Bertz CT molecular complexity index is 1440. The third kappa shape index (κ3) is 5.64. The maximum absolute atomic E-state index is 14.6. The van der Waals surface area contributed by atoms with Gasteiger partial charge >= 0.3 is 17.8 Å². The number of aromatic nitrogens is 3. The summed E-state index contributed by atoms with van der Waals surface area (Å²) in [6, 6.07) is 3.56. The summed E-state index contributed by atoms with van der Waals surface area (Å²) in [5.41, 5.74) is -4.66. The van der Waals surface area contributed by atoms with Crippen LogP contribution < -0.4 is 20.7 Å². The van der Waals surface area contributed by atoms with Crippen LogP contribution in [0.3, 0.4) is 0 Å². The predicted molar refractivity (Wildman–Crippen MR) is 114 cm³/mol. The zero-order valence-corrected chi connectivity index (χ0v) is 19.1. The monoisotopic (exact) mass is 535 g/mol. The van der Waals surface area contributed by atoms with Crippen LogP contribution in [0.2, 0.25) is 5.02 Å². The molecule has 0 aliphatic heterocycles. The number of rotatable bonds is 7. The van der Waals surface area contributed by atoms with E-state index in [1.165, 1.54) is 0 Å². The molecule has 2 heterocycles. The lowest BCUT2D eigenvalue weighted by Crippen LogP contribution is -2.41. The van der Waals surface area contributed by atoms with Crippen molar-refractivity contribution in [1.82, 2.24) is 14.1 Å². The number of nitrogens with zero attached hydrogens (tertiary/aromatic N) is 3. The molecule has 0 bridgehead atoms. The molecule has 1 aromatic carbocycles. The van der Waals surface area contributed by atoms with E-state index in [1.807, 2.05) is 0 Å². The Kier molecular flexibility index (Phi) is 7.67. The van der Waals surface area contributed by atoms with E-state index in [9.17, 15) is 36.3 Å². The molecule has 0 atom stereocenters. The van der Waals surface area contributed by atoms with Gasteiger partial charge in [-0.15, -0.1) is 0 Å². The molecule has 192 valence electrons. The quantitative estimate of drug-likeness (QED) is 0.336. The van der Waals surface area contributed by atoms with Crippen molar-refractivity contribution in [2.24, 2.45) is 7.05 Å². The van der Waals surface area contributed by atoms with Crippen LogP contribution in [-0.2, 0) is 22.8 Å². The van der Waals surface area contributed by atoms with E-state index in [4.69, 9.17) is 25.8 Å². The SMILES string of the molecule is CCOC(=O)COc1ccc(F)cc1Oc1nc(-n2c(=O)cc(C(F)(F)F)n(C)c2=O)c(F)cc1Cl. The fraction of sp³-hybridized carbons (Fsp3) is 0.238. The molecule has 0 saturated heterocycles. The van der Waals surface area contributed by atoms with E-state index >= 15 is 0 Å². The lowest BCUT2D eigenvalue weighted by Gasteiger charge is -2.15. The van der Waals surface area contributed by atoms with Crippen molar-refractivity contribution >= 4 is 17.6 Å². The van der Waals surface area contributed by atoms with Crippen LogP contribution in [0.15, 0.2) is 39.9 Å². The second kappa shape index (κ2) is 10.4. The molecule has 3 rings (SSSR count). The Morgan fingerprint density at radius 1 is 1.11 bits per heavy atom. The molecule has 9 nitrogen and oxygen atoms in total. The summed E-state index contributed by atoms with van der Waals surface area (Å²) in [6.45, 7) is 1.07. The summed E-state index contributed by atoms with van der Waals surface area (Å²) in [5.74, 6) is -5.17. The summed E-state index contributed by atoms with van der Waals surface area (Å²) in [5, 5.41) is -0.506. The first-order valence-corrected chi connectivity index (χ1v) is 10.2. The molecule has 0 spiro atoms. The van der Waals surface area contributed by atoms with Crippen molar-refractivity contribution in [3.05, 3.63) is 73.5 Å². The number of pyridine rings is 1. The zero-order chi connectivity index (χ0) is 26.8. The van der Waals surface area contributed by atoms with Gasteiger partial charge < -0.3 is 14.2 Å². The number of hydrogen-bond acceptors (Lipinski definition) is 7. The summed E-state index contributed by atoms with van der Waals surface area (Å²) in [4.78, 5) is 40.0.